The molecule has 0 saturated heterocycles. The number of aryl methyl sites for hydroxylation is 1. The van der Waals surface area contributed by atoms with Crippen molar-refractivity contribution in [1.29, 1.82) is 0 Å². The minimum Gasteiger partial charge on any atom is -0.508 e. The number of ketones is 1. The normalized spacial score (nSPS) is 13.6. The van der Waals surface area contributed by atoms with Gasteiger partial charge in [-0.3, -0.25) is 4.79 Å². The summed E-state index contributed by atoms with van der Waals surface area (Å²) in [5, 5.41) is 29.5. The fraction of sp³-hybridized carbons (Fsp3) is 0.519. The number of carbonyl (C=O) groups is 1. The Balaban J connectivity index is 2.40. The molecule has 0 fully saturated rings. The standard InChI is InChI=1S/C27H40O4/c1-19(10-8-12-21(3)14-16-25(29)27(5,6)31)9-7-11-20(2)13-15-23-18-24(28)17-22(4)26(23)30/h9,12-13,17-18,28,30-31H,7-8,10-11,14-16H2,1-6H3/b19-9+,20-13+,21-12+. The molecule has 0 spiro atoms. The number of benzene rings is 1. The van der Waals surface area contributed by atoms with E-state index in [1.165, 1.54) is 30.6 Å². The molecule has 0 unspecified atom stereocenters. The minimum absolute atomic E-state index is 0.117. The van der Waals surface area contributed by atoms with E-state index >= 15 is 0 Å². The molecule has 4 heteroatoms. The second-order valence-corrected chi connectivity index (χ2v) is 9.19. The van der Waals surface area contributed by atoms with Crippen LogP contribution in [0.3, 0.4) is 0 Å². The van der Waals surface area contributed by atoms with Gasteiger partial charge in [-0.2, -0.15) is 0 Å². The highest BCUT2D eigenvalue weighted by Crippen LogP contribution is 2.28. The molecule has 0 aliphatic rings. The lowest BCUT2D eigenvalue weighted by Crippen LogP contribution is -2.30. The Morgan fingerprint density at radius 3 is 1.94 bits per heavy atom. The molecule has 1 aromatic carbocycles. The van der Waals surface area contributed by atoms with Crippen molar-refractivity contribution < 1.29 is 20.1 Å². The van der Waals surface area contributed by atoms with Crippen molar-refractivity contribution in [2.24, 2.45) is 0 Å². The largest absolute Gasteiger partial charge is 0.508 e. The topological polar surface area (TPSA) is 77.8 Å². The van der Waals surface area contributed by atoms with E-state index in [9.17, 15) is 20.1 Å². The molecule has 0 heterocycles. The highest BCUT2D eigenvalue weighted by atomic mass is 16.3. The number of phenols is 2. The number of rotatable bonds is 12. The number of hydrogen-bond acceptors (Lipinski definition) is 4. The van der Waals surface area contributed by atoms with Crippen LogP contribution in [0, 0.1) is 6.92 Å². The van der Waals surface area contributed by atoms with Crippen LogP contribution < -0.4 is 0 Å². The number of phenolic OH excluding ortho intramolecular Hbond substituents is 2. The lowest BCUT2D eigenvalue weighted by Gasteiger charge is -2.15. The molecule has 0 aliphatic heterocycles. The average Bonchev–Trinajstić information content (AvgIpc) is 2.66. The van der Waals surface area contributed by atoms with Crippen LogP contribution in [0.5, 0.6) is 11.5 Å². The molecule has 0 atom stereocenters. The number of aromatic hydroxyl groups is 2. The Kier molecular flexibility index (Phi) is 10.8. The van der Waals surface area contributed by atoms with Crippen molar-refractivity contribution >= 4 is 5.78 Å². The zero-order valence-corrected chi connectivity index (χ0v) is 20.1. The van der Waals surface area contributed by atoms with Gasteiger partial charge in [0.05, 0.1) is 0 Å². The Morgan fingerprint density at radius 2 is 1.39 bits per heavy atom. The van der Waals surface area contributed by atoms with Crippen LogP contribution in [0.1, 0.15) is 84.3 Å². The molecule has 31 heavy (non-hydrogen) atoms. The van der Waals surface area contributed by atoms with E-state index in [1.54, 1.807) is 19.1 Å². The molecule has 1 aromatic rings. The Morgan fingerprint density at radius 1 is 0.871 bits per heavy atom. The van der Waals surface area contributed by atoms with Gasteiger partial charge in [-0.1, -0.05) is 34.9 Å². The van der Waals surface area contributed by atoms with Crippen LogP contribution in [0.15, 0.2) is 47.1 Å². The summed E-state index contributed by atoms with van der Waals surface area (Å²) in [7, 11) is 0. The van der Waals surface area contributed by atoms with Gasteiger partial charge in [-0.25, -0.2) is 0 Å². The van der Waals surface area contributed by atoms with Crippen molar-refractivity contribution in [1.82, 2.24) is 0 Å². The third-order valence-corrected chi connectivity index (χ3v) is 5.53. The van der Waals surface area contributed by atoms with E-state index in [2.05, 4.69) is 32.1 Å². The third-order valence-electron chi connectivity index (χ3n) is 5.53. The molecule has 0 amide bonds. The summed E-state index contributed by atoms with van der Waals surface area (Å²) < 4.78 is 0. The molecule has 4 nitrogen and oxygen atoms in total. The van der Waals surface area contributed by atoms with Crippen molar-refractivity contribution in [3.05, 3.63) is 58.2 Å². The molecule has 0 aliphatic carbocycles. The second kappa shape index (κ2) is 12.5. The predicted octanol–water partition coefficient (Wildman–Crippen LogP) is 6.47. The summed E-state index contributed by atoms with van der Waals surface area (Å²) in [4.78, 5) is 11.8. The SMILES string of the molecule is C/C(=C\CC/C(C)=C/Cc1cc(O)cc(C)c1O)CC/C=C(\C)CCC(=O)C(C)(C)O. The van der Waals surface area contributed by atoms with Crippen LogP contribution in [0.4, 0.5) is 0 Å². The van der Waals surface area contributed by atoms with E-state index in [4.69, 9.17) is 0 Å². The molecule has 0 aromatic heterocycles. The summed E-state index contributed by atoms with van der Waals surface area (Å²) in [6.07, 6.45) is 12.1. The van der Waals surface area contributed by atoms with Gasteiger partial charge in [0.25, 0.3) is 0 Å². The van der Waals surface area contributed by atoms with Gasteiger partial charge >= 0.3 is 0 Å². The number of allylic oxidation sites excluding steroid dienone is 6. The minimum atomic E-state index is -1.24. The van der Waals surface area contributed by atoms with Crippen molar-refractivity contribution in [2.75, 3.05) is 0 Å². The molecular weight excluding hydrogens is 388 g/mol. The van der Waals surface area contributed by atoms with Gasteiger partial charge in [-0.15, -0.1) is 0 Å². The number of hydrogen-bond donors (Lipinski definition) is 3. The summed E-state index contributed by atoms with van der Waals surface area (Å²) in [6.45, 7) is 11.1. The number of aliphatic hydroxyl groups is 1. The van der Waals surface area contributed by atoms with Crippen LogP contribution in [0.2, 0.25) is 0 Å². The smallest absolute Gasteiger partial charge is 0.164 e. The van der Waals surface area contributed by atoms with Gasteiger partial charge in [0.2, 0.25) is 0 Å². The van der Waals surface area contributed by atoms with Crippen LogP contribution >= 0.6 is 0 Å². The van der Waals surface area contributed by atoms with E-state index in [0.717, 1.165) is 31.2 Å². The first kappa shape index (κ1) is 26.7. The first-order valence-electron chi connectivity index (χ1n) is 11.1. The van der Waals surface area contributed by atoms with Crippen LogP contribution in [0.25, 0.3) is 0 Å². The van der Waals surface area contributed by atoms with Crippen molar-refractivity contribution in [3.63, 3.8) is 0 Å². The molecule has 3 N–H and O–H groups in total. The Labute approximate surface area is 188 Å². The van der Waals surface area contributed by atoms with E-state index in [-0.39, 0.29) is 17.3 Å². The maximum absolute atomic E-state index is 11.8. The van der Waals surface area contributed by atoms with Gasteiger partial charge in [0, 0.05) is 12.0 Å². The highest BCUT2D eigenvalue weighted by molar-refractivity contribution is 5.86. The van der Waals surface area contributed by atoms with Gasteiger partial charge in [0.1, 0.15) is 17.1 Å². The molecule has 0 saturated carbocycles. The zero-order chi connectivity index (χ0) is 23.6. The van der Waals surface area contributed by atoms with Gasteiger partial charge in [0.15, 0.2) is 5.78 Å². The summed E-state index contributed by atoms with van der Waals surface area (Å²) in [6, 6.07) is 3.18. The number of Topliss-reactive ketones (excluding diaryl/α,β-unsaturated/α-hetero) is 1. The number of carbonyl (C=O) groups excluding carboxylic acids is 1. The van der Waals surface area contributed by atoms with E-state index in [0.29, 0.717) is 24.8 Å². The van der Waals surface area contributed by atoms with Crippen molar-refractivity contribution in [2.45, 2.75) is 92.1 Å². The first-order valence-corrected chi connectivity index (χ1v) is 11.1. The Bertz CT molecular complexity index is 836. The van der Waals surface area contributed by atoms with E-state index in [1.807, 2.05) is 6.92 Å². The van der Waals surface area contributed by atoms with Crippen molar-refractivity contribution in [3.8, 4) is 11.5 Å². The highest BCUT2D eigenvalue weighted by Gasteiger charge is 2.22. The lowest BCUT2D eigenvalue weighted by atomic mass is 9.97. The lowest BCUT2D eigenvalue weighted by molar-refractivity contribution is -0.134. The first-order chi connectivity index (χ1) is 14.4. The summed E-state index contributed by atoms with van der Waals surface area (Å²) in [5.74, 6) is 0.322. The Hall–Kier alpha value is -2.33. The summed E-state index contributed by atoms with van der Waals surface area (Å²) in [5.41, 5.74) is 3.99. The molecule has 172 valence electrons. The average molecular weight is 429 g/mol. The quantitative estimate of drug-likeness (QED) is 0.263. The molecule has 0 bridgehead atoms. The van der Waals surface area contributed by atoms with Crippen LogP contribution in [-0.4, -0.2) is 26.7 Å². The fourth-order valence-electron chi connectivity index (χ4n) is 3.29. The molecule has 0 radical (unpaired) electrons. The molecular formula is C27H40O4. The summed E-state index contributed by atoms with van der Waals surface area (Å²) >= 11 is 0. The monoisotopic (exact) mass is 428 g/mol. The molecule has 1 rings (SSSR count). The zero-order valence-electron chi connectivity index (χ0n) is 20.1. The maximum Gasteiger partial charge on any atom is 0.164 e. The van der Waals surface area contributed by atoms with Crippen LogP contribution in [-0.2, 0) is 11.2 Å². The second-order valence-electron chi connectivity index (χ2n) is 9.19. The maximum atomic E-state index is 11.8. The van der Waals surface area contributed by atoms with E-state index < -0.39 is 5.60 Å². The van der Waals surface area contributed by atoms with Gasteiger partial charge in [-0.05, 0) is 97.8 Å². The fourth-order valence-corrected chi connectivity index (χ4v) is 3.29. The van der Waals surface area contributed by atoms with Gasteiger partial charge < -0.3 is 15.3 Å². The predicted molar refractivity (Wildman–Crippen MR) is 128 cm³/mol. The third kappa shape index (κ3) is 10.5.